The molecule has 0 amide bonds. The van der Waals surface area contributed by atoms with Crippen molar-refractivity contribution >= 4 is 0 Å². The Morgan fingerprint density at radius 1 is 0.700 bits per heavy atom. The highest BCUT2D eigenvalue weighted by Gasteiger charge is 1.69. The van der Waals surface area contributed by atoms with Crippen LogP contribution in [0.15, 0.2) is 0 Å². The van der Waals surface area contributed by atoms with Gasteiger partial charge in [-0.3, -0.25) is 0 Å². The summed E-state index contributed by atoms with van der Waals surface area (Å²) in [4.78, 5) is 0. The number of aliphatic hydroxyl groups excluding tert-OH is 1. The molecule has 0 aliphatic heterocycles. The number of hydrogen-bond donors (Lipinski definition) is 1. The van der Waals surface area contributed by atoms with Crippen molar-refractivity contribution in [1.82, 2.24) is 0 Å². The summed E-state index contributed by atoms with van der Waals surface area (Å²) in [5.41, 5.74) is 0. The van der Waals surface area contributed by atoms with Crippen LogP contribution >= 0.6 is 0 Å². The molecule has 74 valence electrons. The molecule has 0 bridgehead atoms. The van der Waals surface area contributed by atoms with Gasteiger partial charge in [0.25, 0.3) is 0 Å². The SMILES string of the molecule is CC(C)O.O.O.O.O.O.O. The highest BCUT2D eigenvalue weighted by Crippen LogP contribution is 1.65. The van der Waals surface area contributed by atoms with E-state index in [2.05, 4.69) is 0 Å². The molecule has 0 fully saturated rings. The smallest absolute Gasteiger partial charge is 0.0483 e. The molecule has 0 aromatic carbocycles. The third-order valence-corrected chi connectivity index (χ3v) is 0. The van der Waals surface area contributed by atoms with Crippen LogP contribution in [0, 0.1) is 0 Å². The van der Waals surface area contributed by atoms with Crippen molar-refractivity contribution in [2.24, 2.45) is 0 Å². The van der Waals surface area contributed by atoms with E-state index in [0.29, 0.717) is 0 Å². The zero-order valence-electron chi connectivity index (χ0n) is 6.02. The Morgan fingerprint density at radius 3 is 0.700 bits per heavy atom. The summed E-state index contributed by atoms with van der Waals surface area (Å²) in [5.74, 6) is 0. The molecule has 0 unspecified atom stereocenters. The minimum atomic E-state index is -0.167. The second kappa shape index (κ2) is 70.2. The Labute approximate surface area is 59.1 Å². The molecule has 7 heteroatoms. The Kier molecular flexibility index (Phi) is 702. The highest BCUT2D eigenvalue weighted by atomic mass is 16.3. The van der Waals surface area contributed by atoms with Crippen molar-refractivity contribution in [2.45, 2.75) is 20.0 Å². The predicted molar refractivity (Wildman–Crippen MR) is 39.0 cm³/mol. The molecule has 0 saturated heterocycles. The van der Waals surface area contributed by atoms with Gasteiger partial charge >= 0.3 is 0 Å². The number of hydrogen-bond acceptors (Lipinski definition) is 1. The summed E-state index contributed by atoms with van der Waals surface area (Å²) in [7, 11) is 0. The molecular weight excluding hydrogens is 148 g/mol. The summed E-state index contributed by atoms with van der Waals surface area (Å²) >= 11 is 0. The Balaban J connectivity index is -0.00000000300. The first kappa shape index (κ1) is 99.9. The van der Waals surface area contributed by atoms with Crippen LogP contribution < -0.4 is 0 Å². The molecule has 0 aromatic rings. The average molecular weight is 168 g/mol. The first-order valence-electron chi connectivity index (χ1n) is 1.41. The van der Waals surface area contributed by atoms with Crippen molar-refractivity contribution in [3.63, 3.8) is 0 Å². The second-order valence-electron chi connectivity index (χ2n) is 1.09. The minimum absolute atomic E-state index is 0. The maximum Gasteiger partial charge on any atom is 0.0483 e. The highest BCUT2D eigenvalue weighted by molar-refractivity contribution is 4.20. The molecule has 0 atom stereocenters. The third kappa shape index (κ3) is 4450. The summed E-state index contributed by atoms with van der Waals surface area (Å²) < 4.78 is 0. The fourth-order valence-electron chi connectivity index (χ4n) is 0. The van der Waals surface area contributed by atoms with Crippen molar-refractivity contribution in [1.29, 1.82) is 0 Å². The van der Waals surface area contributed by atoms with Gasteiger partial charge < -0.3 is 38.0 Å². The van der Waals surface area contributed by atoms with Crippen LogP contribution in [-0.2, 0) is 0 Å². The normalized spacial score (nSPS) is 3.60. The lowest BCUT2D eigenvalue weighted by Gasteiger charge is -1.80. The molecule has 0 rings (SSSR count). The maximum absolute atomic E-state index is 8.06. The van der Waals surface area contributed by atoms with E-state index in [9.17, 15) is 0 Å². The van der Waals surface area contributed by atoms with Crippen molar-refractivity contribution in [3.05, 3.63) is 0 Å². The summed E-state index contributed by atoms with van der Waals surface area (Å²) in [6.07, 6.45) is -0.167. The predicted octanol–water partition coefficient (Wildman–Crippen LogP) is -4.56. The van der Waals surface area contributed by atoms with E-state index < -0.39 is 0 Å². The van der Waals surface area contributed by atoms with Gasteiger partial charge in [0, 0.05) is 6.10 Å². The summed E-state index contributed by atoms with van der Waals surface area (Å²) in [6.45, 7) is 3.44. The van der Waals surface area contributed by atoms with Crippen LogP contribution in [-0.4, -0.2) is 44.1 Å². The van der Waals surface area contributed by atoms with Crippen molar-refractivity contribution in [3.8, 4) is 0 Å². The quantitative estimate of drug-likeness (QED) is 0.371. The van der Waals surface area contributed by atoms with Gasteiger partial charge in [-0.15, -0.1) is 0 Å². The fraction of sp³-hybridized carbons (Fsp3) is 1.00. The Morgan fingerprint density at radius 2 is 0.700 bits per heavy atom. The van der Waals surface area contributed by atoms with Crippen LogP contribution in [0.5, 0.6) is 0 Å². The monoisotopic (exact) mass is 168 g/mol. The van der Waals surface area contributed by atoms with Crippen LogP contribution in [0.25, 0.3) is 0 Å². The largest absolute Gasteiger partial charge is 0.412 e. The molecular formula is C3H20O7. The van der Waals surface area contributed by atoms with Crippen molar-refractivity contribution < 1.29 is 38.0 Å². The van der Waals surface area contributed by atoms with Gasteiger partial charge in [-0.2, -0.15) is 0 Å². The van der Waals surface area contributed by atoms with Gasteiger partial charge in [-0.1, -0.05) is 0 Å². The third-order valence-electron chi connectivity index (χ3n) is 0. The fourth-order valence-corrected chi connectivity index (χ4v) is 0. The molecule has 0 saturated carbocycles. The Bertz CT molecular complexity index is 13.6. The molecule has 13 N–H and O–H groups in total. The average Bonchev–Trinajstić information content (AvgIpc) is 0.811. The van der Waals surface area contributed by atoms with E-state index in [-0.39, 0.29) is 39.0 Å². The summed E-state index contributed by atoms with van der Waals surface area (Å²) in [5, 5.41) is 8.06. The zero-order valence-corrected chi connectivity index (χ0v) is 6.02. The van der Waals surface area contributed by atoms with E-state index in [4.69, 9.17) is 5.11 Å². The standard InChI is InChI=1S/C3H8O.6H2O/c1-3(2)4;;;;;;/h3-4H,1-2H3;6*1H2. The van der Waals surface area contributed by atoms with Crippen LogP contribution in [0.4, 0.5) is 0 Å². The molecule has 0 aliphatic rings. The molecule has 10 heavy (non-hydrogen) atoms. The van der Waals surface area contributed by atoms with E-state index in [1.54, 1.807) is 13.8 Å². The molecule has 0 heterocycles. The van der Waals surface area contributed by atoms with E-state index in [1.165, 1.54) is 0 Å². The van der Waals surface area contributed by atoms with E-state index in [0.717, 1.165) is 0 Å². The second-order valence-corrected chi connectivity index (χ2v) is 1.09. The molecule has 0 spiro atoms. The molecule has 0 aliphatic carbocycles. The maximum atomic E-state index is 8.06. The Hall–Kier alpha value is -0.280. The lowest BCUT2D eigenvalue weighted by molar-refractivity contribution is 0.216. The molecule has 0 aromatic heterocycles. The van der Waals surface area contributed by atoms with Gasteiger partial charge in [-0.25, -0.2) is 0 Å². The summed E-state index contributed by atoms with van der Waals surface area (Å²) in [6, 6.07) is 0. The van der Waals surface area contributed by atoms with Crippen LogP contribution in [0.1, 0.15) is 13.8 Å². The van der Waals surface area contributed by atoms with Crippen LogP contribution in [0.3, 0.4) is 0 Å². The zero-order chi connectivity index (χ0) is 3.58. The number of rotatable bonds is 0. The lowest BCUT2D eigenvalue weighted by atomic mass is 10.5. The van der Waals surface area contributed by atoms with Crippen LogP contribution in [0.2, 0.25) is 0 Å². The van der Waals surface area contributed by atoms with Gasteiger partial charge in [0.2, 0.25) is 0 Å². The van der Waals surface area contributed by atoms with Gasteiger partial charge in [0.05, 0.1) is 0 Å². The van der Waals surface area contributed by atoms with E-state index in [1.807, 2.05) is 0 Å². The first-order chi connectivity index (χ1) is 1.73. The lowest BCUT2D eigenvalue weighted by Crippen LogP contribution is -1.85. The van der Waals surface area contributed by atoms with E-state index >= 15 is 0 Å². The number of aliphatic hydroxyl groups is 1. The van der Waals surface area contributed by atoms with Gasteiger partial charge in [-0.05, 0) is 13.8 Å². The van der Waals surface area contributed by atoms with Gasteiger partial charge in [0.15, 0.2) is 0 Å². The topological polar surface area (TPSA) is 209 Å². The minimum Gasteiger partial charge on any atom is -0.412 e. The molecule has 7 nitrogen and oxygen atoms in total. The van der Waals surface area contributed by atoms with Gasteiger partial charge in [0.1, 0.15) is 0 Å². The first-order valence-corrected chi connectivity index (χ1v) is 1.41. The molecule has 0 radical (unpaired) electrons. The van der Waals surface area contributed by atoms with Crippen molar-refractivity contribution in [2.75, 3.05) is 0 Å².